The molecule has 2 amide bonds. The topological polar surface area (TPSA) is 66.0 Å². The Morgan fingerprint density at radius 1 is 1.25 bits per heavy atom. The number of aromatic nitrogens is 1. The van der Waals surface area contributed by atoms with Gasteiger partial charge in [0, 0.05) is 30.2 Å². The summed E-state index contributed by atoms with van der Waals surface area (Å²) >= 11 is 0. The van der Waals surface area contributed by atoms with Crippen molar-refractivity contribution in [3.05, 3.63) is 71.8 Å². The minimum absolute atomic E-state index is 0.261. The van der Waals surface area contributed by atoms with E-state index in [0.29, 0.717) is 5.56 Å². The smallest absolute Gasteiger partial charge is 0.316 e. The average Bonchev–Trinajstić information content (AvgIpc) is 2.59. The molecule has 0 aliphatic heterocycles. The molecule has 0 aliphatic carbocycles. The lowest BCUT2D eigenvalue weighted by atomic mass is 10.2. The second-order valence-electron chi connectivity index (χ2n) is 5.26. The molecule has 0 saturated carbocycles. The van der Waals surface area contributed by atoms with Crippen LogP contribution in [0, 0.1) is 5.82 Å². The van der Waals surface area contributed by atoms with Crippen LogP contribution in [0.4, 0.5) is 9.18 Å². The summed E-state index contributed by atoms with van der Waals surface area (Å²) in [4.78, 5) is 15.9. The number of hydrogen-bond donors (Lipinski definition) is 3. The molecule has 1 aromatic heterocycles. The van der Waals surface area contributed by atoms with Crippen LogP contribution in [0.5, 0.6) is 0 Å². The third kappa shape index (κ3) is 5.39. The lowest BCUT2D eigenvalue weighted by Crippen LogP contribution is -2.46. The molecule has 0 aliphatic rings. The van der Waals surface area contributed by atoms with Crippen LogP contribution in [-0.4, -0.2) is 17.2 Å². The maximum atomic E-state index is 13.1. The Morgan fingerprint density at radius 3 is 2.67 bits per heavy atom. The highest BCUT2D eigenvalue weighted by molar-refractivity contribution is 5.74. The molecule has 0 saturated heterocycles. The standard InChI is InChI=1S/C18H21FN4O/c1-3-17(15-7-9-20-10-8-15)22-13(2)23-18(24)21-12-14-5-4-6-16(19)11-14/h3-11,13,22H,12H2,1-2H3,(H2,21,23,24)/b17-3-. The van der Waals surface area contributed by atoms with Crippen molar-refractivity contribution in [3.63, 3.8) is 0 Å². The monoisotopic (exact) mass is 328 g/mol. The molecule has 2 aromatic rings. The Labute approximate surface area is 141 Å². The third-order valence-corrected chi connectivity index (χ3v) is 3.34. The zero-order valence-electron chi connectivity index (χ0n) is 13.7. The van der Waals surface area contributed by atoms with Crippen LogP contribution in [-0.2, 0) is 6.54 Å². The summed E-state index contributed by atoms with van der Waals surface area (Å²) in [5, 5.41) is 8.71. The normalized spacial score (nSPS) is 12.4. The highest BCUT2D eigenvalue weighted by Crippen LogP contribution is 2.10. The molecule has 1 atom stereocenters. The van der Waals surface area contributed by atoms with Crippen LogP contribution >= 0.6 is 0 Å². The van der Waals surface area contributed by atoms with Crippen molar-refractivity contribution in [1.82, 2.24) is 20.9 Å². The zero-order chi connectivity index (χ0) is 17.4. The second kappa shape index (κ2) is 8.67. The van der Waals surface area contributed by atoms with E-state index >= 15 is 0 Å². The summed E-state index contributed by atoms with van der Waals surface area (Å²) in [6.45, 7) is 4.02. The van der Waals surface area contributed by atoms with E-state index in [0.717, 1.165) is 11.3 Å². The Bertz CT molecular complexity index is 703. The quantitative estimate of drug-likeness (QED) is 0.714. The van der Waals surface area contributed by atoms with Gasteiger partial charge in [-0.05, 0) is 43.7 Å². The number of pyridine rings is 1. The van der Waals surface area contributed by atoms with E-state index < -0.39 is 0 Å². The van der Waals surface area contributed by atoms with E-state index in [1.807, 2.05) is 32.1 Å². The first-order valence-electron chi connectivity index (χ1n) is 7.70. The van der Waals surface area contributed by atoms with Gasteiger partial charge in [0.2, 0.25) is 0 Å². The Kier molecular flexibility index (Phi) is 6.31. The molecule has 0 fully saturated rings. The molecule has 0 radical (unpaired) electrons. The van der Waals surface area contributed by atoms with Gasteiger partial charge in [0.1, 0.15) is 5.82 Å². The number of allylic oxidation sites excluding steroid dienone is 1. The lowest BCUT2D eigenvalue weighted by Gasteiger charge is -2.19. The largest absolute Gasteiger partial charge is 0.365 e. The molecule has 0 bridgehead atoms. The maximum absolute atomic E-state index is 13.1. The maximum Gasteiger partial charge on any atom is 0.316 e. The molecule has 126 valence electrons. The fourth-order valence-electron chi connectivity index (χ4n) is 2.21. The van der Waals surface area contributed by atoms with Crippen LogP contribution in [0.25, 0.3) is 5.70 Å². The molecular formula is C18H21FN4O. The summed E-state index contributed by atoms with van der Waals surface area (Å²) in [5.41, 5.74) is 2.59. The van der Waals surface area contributed by atoms with Gasteiger partial charge in [0.25, 0.3) is 0 Å². The minimum atomic E-state index is -0.329. The first-order chi connectivity index (χ1) is 11.6. The number of nitrogens with zero attached hydrogens (tertiary/aromatic N) is 1. The third-order valence-electron chi connectivity index (χ3n) is 3.34. The van der Waals surface area contributed by atoms with Gasteiger partial charge in [-0.3, -0.25) is 4.98 Å². The summed E-state index contributed by atoms with van der Waals surface area (Å²) in [5.74, 6) is -0.320. The van der Waals surface area contributed by atoms with E-state index in [4.69, 9.17) is 0 Å². The van der Waals surface area contributed by atoms with E-state index in [-0.39, 0.29) is 24.6 Å². The first kappa shape index (κ1) is 17.5. The van der Waals surface area contributed by atoms with Crippen molar-refractivity contribution in [2.75, 3.05) is 0 Å². The molecular weight excluding hydrogens is 307 g/mol. The van der Waals surface area contributed by atoms with E-state index in [1.165, 1.54) is 12.1 Å². The van der Waals surface area contributed by atoms with Gasteiger partial charge in [0.05, 0.1) is 6.17 Å². The molecule has 1 unspecified atom stereocenters. The SMILES string of the molecule is C/C=C(\NC(C)NC(=O)NCc1cccc(F)c1)c1ccncc1. The van der Waals surface area contributed by atoms with Crippen LogP contribution < -0.4 is 16.0 Å². The van der Waals surface area contributed by atoms with E-state index in [2.05, 4.69) is 20.9 Å². The molecule has 6 heteroatoms. The highest BCUT2D eigenvalue weighted by atomic mass is 19.1. The van der Waals surface area contributed by atoms with E-state index in [1.54, 1.807) is 24.5 Å². The number of amides is 2. The Hall–Kier alpha value is -2.89. The van der Waals surface area contributed by atoms with Crippen molar-refractivity contribution in [2.45, 2.75) is 26.6 Å². The Balaban J connectivity index is 1.83. The van der Waals surface area contributed by atoms with Gasteiger partial charge in [0.15, 0.2) is 0 Å². The number of benzene rings is 1. The number of halogens is 1. The van der Waals surface area contributed by atoms with Crippen molar-refractivity contribution >= 4 is 11.7 Å². The number of hydrogen-bond acceptors (Lipinski definition) is 3. The van der Waals surface area contributed by atoms with Gasteiger partial charge in [-0.15, -0.1) is 0 Å². The predicted molar refractivity (Wildman–Crippen MR) is 92.3 cm³/mol. The molecule has 24 heavy (non-hydrogen) atoms. The number of carbonyl (C=O) groups is 1. The molecule has 5 nitrogen and oxygen atoms in total. The van der Waals surface area contributed by atoms with Gasteiger partial charge in [-0.1, -0.05) is 18.2 Å². The Morgan fingerprint density at radius 2 is 2.00 bits per heavy atom. The molecule has 1 heterocycles. The number of rotatable bonds is 6. The average molecular weight is 328 g/mol. The number of nitrogens with one attached hydrogen (secondary N) is 3. The number of urea groups is 1. The molecule has 0 spiro atoms. The highest BCUT2D eigenvalue weighted by Gasteiger charge is 2.09. The van der Waals surface area contributed by atoms with Crippen molar-refractivity contribution < 1.29 is 9.18 Å². The molecule has 1 aromatic carbocycles. The van der Waals surface area contributed by atoms with Gasteiger partial charge < -0.3 is 16.0 Å². The van der Waals surface area contributed by atoms with Crippen LogP contribution in [0.3, 0.4) is 0 Å². The summed E-state index contributed by atoms with van der Waals surface area (Å²) < 4.78 is 13.1. The van der Waals surface area contributed by atoms with Crippen LogP contribution in [0.1, 0.15) is 25.0 Å². The van der Waals surface area contributed by atoms with Crippen molar-refractivity contribution in [1.29, 1.82) is 0 Å². The summed E-state index contributed by atoms with van der Waals surface area (Å²) in [6.07, 6.45) is 5.07. The molecule has 3 N–H and O–H groups in total. The van der Waals surface area contributed by atoms with Crippen LogP contribution in [0.15, 0.2) is 54.9 Å². The van der Waals surface area contributed by atoms with Crippen molar-refractivity contribution in [3.8, 4) is 0 Å². The fraction of sp³-hybridized carbons (Fsp3) is 0.222. The minimum Gasteiger partial charge on any atom is -0.365 e. The second-order valence-corrected chi connectivity index (χ2v) is 5.26. The fourth-order valence-corrected chi connectivity index (χ4v) is 2.21. The molecule has 2 rings (SSSR count). The van der Waals surface area contributed by atoms with Crippen LogP contribution in [0.2, 0.25) is 0 Å². The van der Waals surface area contributed by atoms with E-state index in [9.17, 15) is 9.18 Å². The van der Waals surface area contributed by atoms with Gasteiger partial charge in [-0.25, -0.2) is 9.18 Å². The summed E-state index contributed by atoms with van der Waals surface area (Å²) in [6, 6.07) is 9.58. The number of carbonyl (C=O) groups excluding carboxylic acids is 1. The van der Waals surface area contributed by atoms with Gasteiger partial charge >= 0.3 is 6.03 Å². The predicted octanol–water partition coefficient (Wildman–Crippen LogP) is 3.02. The summed E-state index contributed by atoms with van der Waals surface area (Å²) in [7, 11) is 0. The first-order valence-corrected chi connectivity index (χ1v) is 7.70. The van der Waals surface area contributed by atoms with Crippen molar-refractivity contribution in [2.24, 2.45) is 0 Å². The zero-order valence-corrected chi connectivity index (χ0v) is 13.7. The van der Waals surface area contributed by atoms with Gasteiger partial charge in [-0.2, -0.15) is 0 Å². The lowest BCUT2D eigenvalue weighted by molar-refractivity contribution is 0.236.